The topological polar surface area (TPSA) is 60.2 Å². The fraction of sp³-hybridized carbons (Fsp3) is 0.250. The molecule has 0 bridgehead atoms. The predicted molar refractivity (Wildman–Crippen MR) is 82.4 cm³/mol. The molecule has 0 aliphatic carbocycles. The highest BCUT2D eigenvalue weighted by molar-refractivity contribution is 7.90. The lowest BCUT2D eigenvalue weighted by Gasteiger charge is -2.10. The van der Waals surface area contributed by atoms with Crippen LogP contribution < -0.4 is 5.73 Å². The van der Waals surface area contributed by atoms with E-state index in [-0.39, 0.29) is 5.75 Å². The van der Waals surface area contributed by atoms with E-state index in [1.54, 1.807) is 25.1 Å². The Morgan fingerprint density at radius 2 is 1.60 bits per heavy atom. The van der Waals surface area contributed by atoms with E-state index in [2.05, 4.69) is 0 Å². The standard InChI is InChI=1S/C16H19NO2S/c1-11-4-5-14(8-12(11)2)10-20(18,19)16-7-6-15(17)9-13(16)3/h4-9H,10,17H2,1-3H3. The molecule has 4 heteroatoms. The van der Waals surface area contributed by atoms with Crippen molar-refractivity contribution >= 4 is 15.5 Å². The van der Waals surface area contributed by atoms with Crippen LogP contribution in [0.1, 0.15) is 22.3 Å². The first-order chi connectivity index (χ1) is 9.29. The Hall–Kier alpha value is -1.81. The van der Waals surface area contributed by atoms with Gasteiger partial charge in [0, 0.05) is 5.69 Å². The molecule has 0 spiro atoms. The summed E-state index contributed by atoms with van der Waals surface area (Å²) in [5, 5.41) is 0. The van der Waals surface area contributed by atoms with Crippen LogP contribution in [0.5, 0.6) is 0 Å². The Bertz CT molecular complexity index is 749. The maximum atomic E-state index is 12.5. The number of hydrogen-bond donors (Lipinski definition) is 1. The largest absolute Gasteiger partial charge is 0.399 e. The van der Waals surface area contributed by atoms with Crippen molar-refractivity contribution in [2.24, 2.45) is 0 Å². The van der Waals surface area contributed by atoms with Gasteiger partial charge in [-0.25, -0.2) is 8.42 Å². The molecule has 2 rings (SSSR count). The van der Waals surface area contributed by atoms with Crippen molar-refractivity contribution in [3.63, 3.8) is 0 Å². The summed E-state index contributed by atoms with van der Waals surface area (Å²) in [6, 6.07) is 10.6. The van der Waals surface area contributed by atoms with Crippen molar-refractivity contribution in [2.75, 3.05) is 5.73 Å². The molecule has 0 saturated carbocycles. The van der Waals surface area contributed by atoms with Crippen LogP contribution in [0, 0.1) is 20.8 Å². The molecule has 2 aromatic rings. The number of nitrogen functional groups attached to an aromatic ring is 1. The van der Waals surface area contributed by atoms with Crippen LogP contribution in [0.3, 0.4) is 0 Å². The molecule has 0 aromatic heterocycles. The summed E-state index contributed by atoms with van der Waals surface area (Å²) in [5.41, 5.74) is 10.0. The molecule has 2 N–H and O–H groups in total. The van der Waals surface area contributed by atoms with Crippen LogP contribution in [-0.2, 0) is 15.6 Å². The number of sulfone groups is 1. The minimum absolute atomic E-state index is 0.0128. The van der Waals surface area contributed by atoms with E-state index < -0.39 is 9.84 Å². The summed E-state index contributed by atoms with van der Waals surface area (Å²) in [6.07, 6.45) is 0. The number of nitrogens with two attached hydrogens (primary N) is 1. The van der Waals surface area contributed by atoms with Crippen LogP contribution in [0.2, 0.25) is 0 Å². The first kappa shape index (κ1) is 14.6. The van der Waals surface area contributed by atoms with Gasteiger partial charge in [-0.05, 0) is 61.2 Å². The summed E-state index contributed by atoms with van der Waals surface area (Å²) < 4.78 is 25.0. The second-order valence-corrected chi connectivity index (χ2v) is 7.16. The lowest BCUT2D eigenvalue weighted by molar-refractivity contribution is 0.594. The second kappa shape index (κ2) is 5.29. The average Bonchev–Trinajstić information content (AvgIpc) is 2.33. The van der Waals surface area contributed by atoms with Gasteiger partial charge in [0.2, 0.25) is 0 Å². The molecule has 0 heterocycles. The van der Waals surface area contributed by atoms with Gasteiger partial charge in [0.15, 0.2) is 9.84 Å². The molecule has 0 radical (unpaired) electrons. The van der Waals surface area contributed by atoms with Crippen molar-refractivity contribution in [3.8, 4) is 0 Å². The minimum atomic E-state index is -3.35. The molecule has 0 atom stereocenters. The molecule has 0 saturated heterocycles. The van der Waals surface area contributed by atoms with Crippen molar-refractivity contribution in [1.29, 1.82) is 0 Å². The van der Waals surface area contributed by atoms with Gasteiger partial charge >= 0.3 is 0 Å². The normalized spacial score (nSPS) is 11.6. The van der Waals surface area contributed by atoms with E-state index in [9.17, 15) is 8.42 Å². The Morgan fingerprint density at radius 1 is 0.900 bits per heavy atom. The number of aryl methyl sites for hydroxylation is 3. The van der Waals surface area contributed by atoms with Gasteiger partial charge in [-0.3, -0.25) is 0 Å². The van der Waals surface area contributed by atoms with Gasteiger partial charge in [-0.15, -0.1) is 0 Å². The molecule has 0 aliphatic rings. The van der Waals surface area contributed by atoms with Gasteiger partial charge in [0.05, 0.1) is 10.6 Å². The van der Waals surface area contributed by atoms with Crippen LogP contribution in [-0.4, -0.2) is 8.42 Å². The van der Waals surface area contributed by atoms with Gasteiger partial charge in [0.1, 0.15) is 0 Å². The Labute approximate surface area is 120 Å². The number of anilines is 1. The highest BCUT2D eigenvalue weighted by Crippen LogP contribution is 2.23. The van der Waals surface area contributed by atoms with E-state index >= 15 is 0 Å². The van der Waals surface area contributed by atoms with E-state index in [0.29, 0.717) is 16.1 Å². The zero-order valence-electron chi connectivity index (χ0n) is 12.0. The second-order valence-electron chi connectivity index (χ2n) is 5.20. The zero-order chi connectivity index (χ0) is 14.9. The van der Waals surface area contributed by atoms with Crippen LogP contribution in [0.4, 0.5) is 5.69 Å². The van der Waals surface area contributed by atoms with Crippen LogP contribution in [0.15, 0.2) is 41.3 Å². The first-order valence-electron chi connectivity index (χ1n) is 6.44. The van der Waals surface area contributed by atoms with E-state index in [0.717, 1.165) is 16.7 Å². The van der Waals surface area contributed by atoms with Crippen LogP contribution in [0.25, 0.3) is 0 Å². The Kier molecular flexibility index (Phi) is 3.86. The average molecular weight is 289 g/mol. The number of rotatable bonds is 3. The third-order valence-corrected chi connectivity index (χ3v) is 5.30. The lowest BCUT2D eigenvalue weighted by atomic mass is 10.1. The molecule has 3 nitrogen and oxygen atoms in total. The van der Waals surface area contributed by atoms with Gasteiger partial charge in [-0.1, -0.05) is 18.2 Å². The predicted octanol–water partition coefficient (Wildman–Crippen LogP) is 3.17. The SMILES string of the molecule is Cc1ccc(CS(=O)(=O)c2ccc(N)cc2C)cc1C. The summed E-state index contributed by atoms with van der Waals surface area (Å²) in [4.78, 5) is 0.352. The maximum absolute atomic E-state index is 12.5. The van der Waals surface area contributed by atoms with Gasteiger partial charge in [0.25, 0.3) is 0 Å². The van der Waals surface area contributed by atoms with E-state index in [4.69, 9.17) is 5.73 Å². The summed E-state index contributed by atoms with van der Waals surface area (Å²) >= 11 is 0. The fourth-order valence-corrected chi connectivity index (χ4v) is 3.81. The van der Waals surface area contributed by atoms with Crippen molar-refractivity contribution < 1.29 is 8.42 Å². The quantitative estimate of drug-likeness (QED) is 0.883. The van der Waals surface area contributed by atoms with Crippen molar-refractivity contribution in [1.82, 2.24) is 0 Å². The Balaban J connectivity index is 2.38. The molecular weight excluding hydrogens is 270 g/mol. The molecule has 20 heavy (non-hydrogen) atoms. The monoisotopic (exact) mass is 289 g/mol. The highest BCUT2D eigenvalue weighted by atomic mass is 32.2. The third-order valence-electron chi connectivity index (χ3n) is 3.46. The minimum Gasteiger partial charge on any atom is -0.399 e. The molecule has 0 unspecified atom stereocenters. The summed E-state index contributed by atoms with van der Waals surface area (Å²) in [7, 11) is -3.35. The smallest absolute Gasteiger partial charge is 0.182 e. The van der Waals surface area contributed by atoms with Gasteiger partial charge < -0.3 is 5.73 Å². The number of benzene rings is 2. The third kappa shape index (κ3) is 3.02. The summed E-state index contributed by atoms with van der Waals surface area (Å²) in [6.45, 7) is 5.77. The molecule has 106 valence electrons. The Morgan fingerprint density at radius 3 is 2.20 bits per heavy atom. The van der Waals surface area contributed by atoms with E-state index in [1.807, 2.05) is 32.0 Å². The molecular formula is C16H19NO2S. The van der Waals surface area contributed by atoms with Gasteiger partial charge in [-0.2, -0.15) is 0 Å². The highest BCUT2D eigenvalue weighted by Gasteiger charge is 2.18. The lowest BCUT2D eigenvalue weighted by Crippen LogP contribution is -2.07. The van der Waals surface area contributed by atoms with Crippen molar-refractivity contribution in [2.45, 2.75) is 31.4 Å². The van der Waals surface area contributed by atoms with E-state index in [1.165, 1.54) is 0 Å². The molecule has 0 amide bonds. The molecule has 0 aliphatic heterocycles. The van der Waals surface area contributed by atoms with Crippen molar-refractivity contribution in [3.05, 3.63) is 58.7 Å². The summed E-state index contributed by atoms with van der Waals surface area (Å²) in [5.74, 6) is 0.0128. The maximum Gasteiger partial charge on any atom is 0.182 e. The fourth-order valence-electron chi connectivity index (χ4n) is 2.21. The number of hydrogen-bond acceptors (Lipinski definition) is 3. The molecule has 0 fully saturated rings. The molecule has 2 aromatic carbocycles. The van der Waals surface area contributed by atoms with Crippen LogP contribution >= 0.6 is 0 Å². The zero-order valence-corrected chi connectivity index (χ0v) is 12.8. The first-order valence-corrected chi connectivity index (χ1v) is 8.10.